The van der Waals surface area contributed by atoms with Crippen molar-refractivity contribution < 1.29 is 17.3 Å². The molecule has 2 aromatic rings. The lowest BCUT2D eigenvalue weighted by atomic mass is 10.1. The Hall–Kier alpha value is -1.51. The second-order valence-electron chi connectivity index (χ2n) is 4.95. The highest BCUT2D eigenvalue weighted by Crippen LogP contribution is 2.20. The van der Waals surface area contributed by atoms with Gasteiger partial charge >= 0.3 is 0 Å². The Labute approximate surface area is 132 Å². The molecule has 0 spiro atoms. The van der Waals surface area contributed by atoms with Gasteiger partial charge in [0, 0.05) is 12.3 Å². The minimum Gasteiger partial charge on any atom is -0.338 e. The molecule has 22 heavy (non-hydrogen) atoms. The van der Waals surface area contributed by atoms with Gasteiger partial charge < -0.3 is 9.84 Å². The lowest BCUT2D eigenvalue weighted by Crippen LogP contribution is -2.18. The number of hydrogen-bond acceptors (Lipinski definition) is 6. The highest BCUT2D eigenvalue weighted by molar-refractivity contribution is 7.89. The van der Waals surface area contributed by atoms with Crippen LogP contribution >= 0.6 is 11.6 Å². The molecule has 2 rings (SSSR count). The molecule has 0 amide bonds. The molecule has 0 radical (unpaired) electrons. The first-order valence-corrected chi connectivity index (χ1v) is 8.86. The SMILES string of the molecule is C[C@H](NCc1nc(CS(C)(=O)=O)no1)c1ccc(F)c(Cl)c1. The largest absolute Gasteiger partial charge is 0.338 e. The molecule has 0 unspecified atom stereocenters. The van der Waals surface area contributed by atoms with E-state index < -0.39 is 15.7 Å². The van der Waals surface area contributed by atoms with Crippen LogP contribution in [0.25, 0.3) is 0 Å². The van der Waals surface area contributed by atoms with Crippen LogP contribution in [0.1, 0.15) is 30.2 Å². The molecule has 1 aromatic carbocycles. The molecule has 0 bridgehead atoms. The molecular formula is C13H15ClFN3O3S. The summed E-state index contributed by atoms with van der Waals surface area (Å²) in [6.07, 6.45) is 1.10. The number of rotatable bonds is 6. The number of sulfone groups is 1. The Kier molecular flexibility index (Phi) is 5.15. The van der Waals surface area contributed by atoms with Crippen molar-refractivity contribution in [1.29, 1.82) is 0 Å². The quantitative estimate of drug-likeness (QED) is 0.862. The predicted octanol–water partition coefficient (Wildman–Crippen LogP) is 2.26. The fourth-order valence-electron chi connectivity index (χ4n) is 1.80. The number of halogens is 2. The lowest BCUT2D eigenvalue weighted by Gasteiger charge is -2.13. The molecule has 9 heteroatoms. The van der Waals surface area contributed by atoms with Crippen molar-refractivity contribution in [2.45, 2.75) is 25.3 Å². The van der Waals surface area contributed by atoms with Crippen molar-refractivity contribution in [3.63, 3.8) is 0 Å². The summed E-state index contributed by atoms with van der Waals surface area (Å²) in [7, 11) is -3.20. The second kappa shape index (κ2) is 6.72. The van der Waals surface area contributed by atoms with Crippen LogP contribution in [0.2, 0.25) is 5.02 Å². The van der Waals surface area contributed by atoms with E-state index in [1.807, 2.05) is 6.92 Å². The van der Waals surface area contributed by atoms with E-state index in [4.69, 9.17) is 16.1 Å². The zero-order chi connectivity index (χ0) is 16.3. The van der Waals surface area contributed by atoms with Gasteiger partial charge in [-0.1, -0.05) is 22.8 Å². The fraction of sp³-hybridized carbons (Fsp3) is 0.385. The van der Waals surface area contributed by atoms with E-state index in [-0.39, 0.29) is 35.1 Å². The van der Waals surface area contributed by atoms with Gasteiger partial charge in [0.05, 0.1) is 11.6 Å². The predicted molar refractivity (Wildman–Crippen MR) is 79.5 cm³/mol. The Morgan fingerprint density at radius 2 is 2.18 bits per heavy atom. The summed E-state index contributed by atoms with van der Waals surface area (Å²) in [5.74, 6) is -0.338. The van der Waals surface area contributed by atoms with Gasteiger partial charge in [-0.3, -0.25) is 0 Å². The van der Waals surface area contributed by atoms with Crippen molar-refractivity contribution in [1.82, 2.24) is 15.5 Å². The summed E-state index contributed by atoms with van der Waals surface area (Å²) in [6, 6.07) is 4.34. The maximum Gasteiger partial charge on any atom is 0.240 e. The third-order valence-electron chi connectivity index (χ3n) is 2.90. The summed E-state index contributed by atoms with van der Waals surface area (Å²) < 4.78 is 40.4. The first-order chi connectivity index (χ1) is 10.2. The minimum atomic E-state index is -3.20. The smallest absolute Gasteiger partial charge is 0.240 e. The van der Waals surface area contributed by atoms with Crippen molar-refractivity contribution in [2.75, 3.05) is 6.26 Å². The number of nitrogens with one attached hydrogen (secondary N) is 1. The highest BCUT2D eigenvalue weighted by atomic mass is 35.5. The zero-order valence-electron chi connectivity index (χ0n) is 12.0. The van der Waals surface area contributed by atoms with Crippen molar-refractivity contribution in [3.8, 4) is 0 Å². The van der Waals surface area contributed by atoms with Gasteiger partial charge in [-0.2, -0.15) is 4.98 Å². The van der Waals surface area contributed by atoms with Crippen LogP contribution in [0, 0.1) is 5.82 Å². The van der Waals surface area contributed by atoms with Gasteiger partial charge in [-0.15, -0.1) is 0 Å². The van der Waals surface area contributed by atoms with E-state index in [0.717, 1.165) is 11.8 Å². The Morgan fingerprint density at radius 1 is 1.45 bits per heavy atom. The lowest BCUT2D eigenvalue weighted by molar-refractivity contribution is 0.357. The minimum absolute atomic E-state index is 0.0550. The van der Waals surface area contributed by atoms with Crippen LogP contribution < -0.4 is 5.32 Å². The van der Waals surface area contributed by atoms with Gasteiger partial charge in [-0.05, 0) is 24.6 Å². The first kappa shape index (κ1) is 16.9. The average Bonchev–Trinajstić information content (AvgIpc) is 2.84. The number of hydrogen-bond donors (Lipinski definition) is 1. The molecule has 0 fully saturated rings. The van der Waals surface area contributed by atoms with Crippen molar-refractivity contribution in [3.05, 3.63) is 46.3 Å². The molecule has 1 aromatic heterocycles. The monoisotopic (exact) mass is 347 g/mol. The molecular weight excluding hydrogens is 333 g/mol. The summed E-state index contributed by atoms with van der Waals surface area (Å²) in [5, 5.41) is 6.77. The zero-order valence-corrected chi connectivity index (χ0v) is 13.6. The molecule has 1 heterocycles. The summed E-state index contributed by atoms with van der Waals surface area (Å²) in [5.41, 5.74) is 0.808. The van der Waals surface area contributed by atoms with Gasteiger partial charge in [-0.25, -0.2) is 12.8 Å². The van der Waals surface area contributed by atoms with E-state index >= 15 is 0 Å². The fourth-order valence-corrected chi connectivity index (χ4v) is 2.57. The van der Waals surface area contributed by atoms with Crippen LogP contribution in [0.4, 0.5) is 4.39 Å². The number of aromatic nitrogens is 2. The highest BCUT2D eigenvalue weighted by Gasteiger charge is 2.13. The van der Waals surface area contributed by atoms with Gasteiger partial charge in [0.1, 0.15) is 11.6 Å². The third kappa shape index (κ3) is 4.75. The molecule has 0 saturated heterocycles. The molecule has 6 nitrogen and oxygen atoms in total. The van der Waals surface area contributed by atoms with Crippen LogP contribution in [-0.4, -0.2) is 24.8 Å². The Morgan fingerprint density at radius 3 is 2.82 bits per heavy atom. The Balaban J connectivity index is 1.96. The topological polar surface area (TPSA) is 85.1 Å². The molecule has 1 N–H and O–H groups in total. The average molecular weight is 348 g/mol. The summed E-state index contributed by atoms with van der Waals surface area (Å²) in [4.78, 5) is 3.99. The molecule has 0 saturated carbocycles. The molecule has 1 atom stereocenters. The van der Waals surface area contributed by atoms with E-state index in [2.05, 4.69) is 15.5 Å². The third-order valence-corrected chi connectivity index (χ3v) is 3.98. The van der Waals surface area contributed by atoms with Gasteiger partial charge in [0.25, 0.3) is 0 Å². The first-order valence-electron chi connectivity index (χ1n) is 6.42. The summed E-state index contributed by atoms with van der Waals surface area (Å²) >= 11 is 5.74. The van der Waals surface area contributed by atoms with Gasteiger partial charge in [0.15, 0.2) is 15.7 Å². The van der Waals surface area contributed by atoms with E-state index in [0.29, 0.717) is 0 Å². The molecule has 0 aliphatic carbocycles. The van der Waals surface area contributed by atoms with Crippen LogP contribution in [0.3, 0.4) is 0 Å². The van der Waals surface area contributed by atoms with E-state index in [9.17, 15) is 12.8 Å². The van der Waals surface area contributed by atoms with Crippen LogP contribution in [0.5, 0.6) is 0 Å². The summed E-state index contributed by atoms with van der Waals surface area (Å²) in [6.45, 7) is 2.13. The molecule has 0 aliphatic rings. The maximum absolute atomic E-state index is 13.1. The maximum atomic E-state index is 13.1. The molecule has 0 aliphatic heterocycles. The van der Waals surface area contributed by atoms with E-state index in [1.54, 1.807) is 6.07 Å². The van der Waals surface area contributed by atoms with Crippen LogP contribution in [-0.2, 0) is 22.1 Å². The molecule has 120 valence electrons. The van der Waals surface area contributed by atoms with Crippen molar-refractivity contribution >= 4 is 21.4 Å². The van der Waals surface area contributed by atoms with E-state index in [1.165, 1.54) is 12.1 Å². The normalized spacial score (nSPS) is 13.3. The second-order valence-corrected chi connectivity index (χ2v) is 7.50. The number of nitrogens with zero attached hydrogens (tertiary/aromatic N) is 2. The van der Waals surface area contributed by atoms with Crippen molar-refractivity contribution in [2.24, 2.45) is 0 Å². The van der Waals surface area contributed by atoms with Crippen LogP contribution in [0.15, 0.2) is 22.7 Å². The number of benzene rings is 1. The Bertz CT molecular complexity index is 764. The standard InChI is InChI=1S/C13H15ClFN3O3S/c1-8(9-3-4-11(15)10(14)5-9)16-6-13-17-12(18-21-13)7-22(2,19)20/h3-5,8,16H,6-7H2,1-2H3/t8-/m0/s1. The van der Waals surface area contributed by atoms with Gasteiger partial charge in [0.2, 0.25) is 5.89 Å².